The predicted octanol–water partition coefficient (Wildman–Crippen LogP) is 3.99. The van der Waals surface area contributed by atoms with Crippen LogP contribution in [0.2, 0.25) is 0 Å². The van der Waals surface area contributed by atoms with E-state index in [0.717, 1.165) is 12.1 Å². The van der Waals surface area contributed by atoms with Crippen LogP contribution in [-0.2, 0) is 0 Å². The molecule has 0 fully saturated rings. The lowest BCUT2D eigenvalue weighted by atomic mass is 10.2. The average molecular weight is 342 g/mol. The quantitative estimate of drug-likeness (QED) is 0.916. The van der Waals surface area contributed by atoms with Gasteiger partial charge >= 0.3 is 0 Å². The standard InChI is InChI=1S/C14H10BrF2NO2/c1-20-12-5-3-2-4-9(12)14(19)18-13-10(16)6-8(15)7-11(13)17/h2-7H,1H3,(H,18,19). The number of carbonyl (C=O) groups excluding carboxylic acids is 1. The molecule has 1 N–H and O–H groups in total. The van der Waals surface area contributed by atoms with Crippen LogP contribution in [0.4, 0.5) is 14.5 Å². The zero-order chi connectivity index (χ0) is 14.7. The second kappa shape index (κ2) is 6.00. The van der Waals surface area contributed by atoms with Crippen LogP contribution < -0.4 is 10.1 Å². The van der Waals surface area contributed by atoms with Gasteiger partial charge < -0.3 is 10.1 Å². The Balaban J connectivity index is 2.33. The molecule has 104 valence electrons. The van der Waals surface area contributed by atoms with Crippen molar-refractivity contribution in [3.63, 3.8) is 0 Å². The van der Waals surface area contributed by atoms with Crippen LogP contribution in [0.3, 0.4) is 0 Å². The van der Waals surface area contributed by atoms with Crippen molar-refractivity contribution < 1.29 is 18.3 Å². The Morgan fingerprint density at radius 2 is 1.80 bits per heavy atom. The predicted molar refractivity (Wildman–Crippen MR) is 75.0 cm³/mol. The molecule has 6 heteroatoms. The minimum absolute atomic E-state index is 0.191. The Hall–Kier alpha value is -1.95. The maximum absolute atomic E-state index is 13.7. The lowest BCUT2D eigenvalue weighted by Gasteiger charge is -2.10. The molecule has 0 aliphatic rings. The first-order valence-electron chi connectivity index (χ1n) is 5.62. The highest BCUT2D eigenvalue weighted by Crippen LogP contribution is 2.25. The van der Waals surface area contributed by atoms with Crippen molar-refractivity contribution in [1.82, 2.24) is 0 Å². The van der Waals surface area contributed by atoms with Crippen LogP contribution >= 0.6 is 15.9 Å². The third-order valence-electron chi connectivity index (χ3n) is 2.60. The number of halogens is 3. The van der Waals surface area contributed by atoms with Crippen LogP contribution in [0.15, 0.2) is 40.9 Å². The second-order valence-corrected chi connectivity index (χ2v) is 4.81. The van der Waals surface area contributed by atoms with Crippen molar-refractivity contribution in [3.05, 3.63) is 58.1 Å². The Morgan fingerprint density at radius 1 is 1.20 bits per heavy atom. The summed E-state index contributed by atoms with van der Waals surface area (Å²) in [7, 11) is 1.41. The molecule has 0 atom stereocenters. The van der Waals surface area contributed by atoms with Crippen LogP contribution in [0.25, 0.3) is 0 Å². The fourth-order valence-corrected chi connectivity index (χ4v) is 2.08. The van der Waals surface area contributed by atoms with Crippen molar-refractivity contribution in [2.24, 2.45) is 0 Å². The normalized spacial score (nSPS) is 10.2. The maximum Gasteiger partial charge on any atom is 0.259 e. The van der Waals surface area contributed by atoms with Gasteiger partial charge in [0.2, 0.25) is 0 Å². The molecule has 2 rings (SSSR count). The number of hydrogen-bond acceptors (Lipinski definition) is 2. The van der Waals surface area contributed by atoms with E-state index in [0.29, 0.717) is 5.75 Å². The molecule has 0 heterocycles. The van der Waals surface area contributed by atoms with E-state index in [2.05, 4.69) is 21.2 Å². The fraction of sp³-hybridized carbons (Fsp3) is 0.0714. The second-order valence-electron chi connectivity index (χ2n) is 3.90. The zero-order valence-corrected chi connectivity index (χ0v) is 12.0. The highest BCUT2D eigenvalue weighted by Gasteiger charge is 2.17. The molecule has 0 saturated heterocycles. The third kappa shape index (κ3) is 2.96. The van der Waals surface area contributed by atoms with Crippen molar-refractivity contribution in [2.45, 2.75) is 0 Å². The Bertz CT molecular complexity index is 638. The van der Waals surface area contributed by atoms with Crippen LogP contribution in [0, 0.1) is 11.6 Å². The highest BCUT2D eigenvalue weighted by atomic mass is 79.9. The van der Waals surface area contributed by atoms with Gasteiger partial charge in [-0.1, -0.05) is 28.1 Å². The maximum atomic E-state index is 13.7. The van der Waals surface area contributed by atoms with Crippen molar-refractivity contribution in [3.8, 4) is 5.75 Å². The lowest BCUT2D eigenvalue weighted by molar-refractivity contribution is 0.102. The van der Waals surface area contributed by atoms with E-state index in [9.17, 15) is 13.6 Å². The molecule has 3 nitrogen and oxygen atoms in total. The van der Waals surface area contributed by atoms with E-state index in [1.54, 1.807) is 18.2 Å². The Labute approximate surface area is 122 Å². The van der Waals surface area contributed by atoms with Crippen LogP contribution in [-0.4, -0.2) is 13.0 Å². The van der Waals surface area contributed by atoms with Crippen LogP contribution in [0.1, 0.15) is 10.4 Å². The number of nitrogens with one attached hydrogen (secondary N) is 1. The van der Waals surface area contributed by atoms with Gasteiger partial charge in [-0.3, -0.25) is 4.79 Å². The molecule has 0 spiro atoms. The van der Waals surface area contributed by atoms with Gasteiger partial charge in [-0.25, -0.2) is 8.78 Å². The summed E-state index contributed by atoms with van der Waals surface area (Å²) >= 11 is 2.97. The Kier molecular flexibility index (Phi) is 4.34. The molecule has 0 aromatic heterocycles. The number of methoxy groups -OCH3 is 1. The monoisotopic (exact) mass is 341 g/mol. The van der Waals surface area contributed by atoms with Gasteiger partial charge in [0, 0.05) is 4.47 Å². The number of anilines is 1. The van der Waals surface area contributed by atoms with Gasteiger partial charge in [-0.2, -0.15) is 0 Å². The first kappa shape index (κ1) is 14.5. The molecular formula is C14H10BrF2NO2. The van der Waals surface area contributed by atoms with E-state index >= 15 is 0 Å². The van der Waals surface area contributed by atoms with Crippen LogP contribution in [0.5, 0.6) is 5.75 Å². The number of carbonyl (C=O) groups is 1. The summed E-state index contributed by atoms with van der Waals surface area (Å²) in [5, 5.41) is 2.21. The largest absolute Gasteiger partial charge is 0.496 e. The topological polar surface area (TPSA) is 38.3 Å². The highest BCUT2D eigenvalue weighted by molar-refractivity contribution is 9.10. The summed E-state index contributed by atoms with van der Waals surface area (Å²) < 4.78 is 32.6. The summed E-state index contributed by atoms with van der Waals surface area (Å²) in [5.41, 5.74) is -0.305. The molecule has 20 heavy (non-hydrogen) atoms. The van der Waals surface area contributed by atoms with Crippen molar-refractivity contribution in [2.75, 3.05) is 12.4 Å². The van der Waals surface area contributed by atoms with Crippen molar-refractivity contribution >= 4 is 27.5 Å². The fourth-order valence-electron chi connectivity index (χ4n) is 1.67. The third-order valence-corrected chi connectivity index (χ3v) is 3.05. The first-order chi connectivity index (χ1) is 9.52. The minimum Gasteiger partial charge on any atom is -0.496 e. The average Bonchev–Trinajstić information content (AvgIpc) is 2.42. The number of benzene rings is 2. The molecule has 0 unspecified atom stereocenters. The summed E-state index contributed by atoms with van der Waals surface area (Å²) in [6, 6.07) is 8.55. The zero-order valence-electron chi connectivity index (χ0n) is 10.4. The number of amides is 1. The van der Waals surface area contributed by atoms with Gasteiger partial charge in [0.15, 0.2) is 11.6 Å². The minimum atomic E-state index is -0.861. The van der Waals surface area contributed by atoms with Gasteiger partial charge in [0.1, 0.15) is 11.4 Å². The van der Waals surface area contributed by atoms with Crippen molar-refractivity contribution in [1.29, 1.82) is 0 Å². The number of para-hydroxylation sites is 1. The molecule has 0 radical (unpaired) electrons. The number of ether oxygens (including phenoxy) is 1. The first-order valence-corrected chi connectivity index (χ1v) is 6.41. The molecule has 1 amide bonds. The van der Waals surface area contributed by atoms with E-state index in [1.807, 2.05) is 0 Å². The number of rotatable bonds is 3. The van der Waals surface area contributed by atoms with Gasteiger partial charge in [0.05, 0.1) is 12.7 Å². The van der Waals surface area contributed by atoms with Gasteiger partial charge in [-0.15, -0.1) is 0 Å². The summed E-state index contributed by atoms with van der Waals surface area (Å²) in [4.78, 5) is 12.0. The molecule has 2 aromatic carbocycles. The van der Waals surface area contributed by atoms with Gasteiger partial charge in [0.25, 0.3) is 5.91 Å². The SMILES string of the molecule is COc1ccccc1C(=O)Nc1c(F)cc(Br)cc1F. The molecule has 0 aliphatic heterocycles. The molecule has 0 saturated carbocycles. The smallest absolute Gasteiger partial charge is 0.259 e. The molecule has 0 aliphatic carbocycles. The van der Waals surface area contributed by atoms with E-state index in [4.69, 9.17) is 4.74 Å². The molecular weight excluding hydrogens is 332 g/mol. The summed E-state index contributed by atoms with van der Waals surface area (Å²) in [5.74, 6) is -2.05. The molecule has 0 bridgehead atoms. The van der Waals surface area contributed by atoms with E-state index < -0.39 is 23.2 Å². The van der Waals surface area contributed by atoms with E-state index in [-0.39, 0.29) is 10.0 Å². The van der Waals surface area contributed by atoms with E-state index in [1.165, 1.54) is 13.2 Å². The number of hydrogen-bond donors (Lipinski definition) is 1. The summed E-state index contributed by atoms with van der Waals surface area (Å²) in [6.45, 7) is 0. The Morgan fingerprint density at radius 3 is 2.40 bits per heavy atom. The molecule has 2 aromatic rings. The summed E-state index contributed by atoms with van der Waals surface area (Å²) in [6.07, 6.45) is 0. The van der Waals surface area contributed by atoms with Gasteiger partial charge in [-0.05, 0) is 24.3 Å². The lowest BCUT2D eigenvalue weighted by Crippen LogP contribution is -2.15.